The van der Waals surface area contributed by atoms with Crippen LogP contribution in [0.2, 0.25) is 0 Å². The number of benzene rings is 12. The van der Waals surface area contributed by atoms with E-state index in [-0.39, 0.29) is 0 Å². The van der Waals surface area contributed by atoms with E-state index in [0.717, 1.165) is 0 Å². The first-order valence-corrected chi connectivity index (χ1v) is 21.4. The van der Waals surface area contributed by atoms with Crippen LogP contribution in [0, 0.1) is 0 Å². The zero-order valence-electron chi connectivity index (χ0n) is 33.3. The van der Waals surface area contributed by atoms with Crippen LogP contribution < -0.4 is 0 Å². The van der Waals surface area contributed by atoms with Crippen LogP contribution in [-0.2, 0) is 5.41 Å². The van der Waals surface area contributed by atoms with Crippen molar-refractivity contribution in [1.82, 2.24) is 0 Å². The maximum Gasteiger partial charge on any atom is 0.0725 e. The summed E-state index contributed by atoms with van der Waals surface area (Å²) in [5.41, 5.74) is 15.2. The van der Waals surface area contributed by atoms with Gasteiger partial charge in [-0.25, -0.2) is 0 Å². The summed E-state index contributed by atoms with van der Waals surface area (Å²) in [6.45, 7) is 0. The fraction of sp³-hybridized carbons (Fsp3) is 0.0164. The topological polar surface area (TPSA) is 0 Å². The van der Waals surface area contributed by atoms with Gasteiger partial charge in [-0.05, 0) is 168 Å². The van der Waals surface area contributed by atoms with Crippen LogP contribution in [0.4, 0.5) is 0 Å². The molecule has 280 valence electrons. The molecule has 0 nitrogen and oxygen atoms in total. The van der Waals surface area contributed by atoms with Crippen molar-refractivity contribution in [2.75, 3.05) is 0 Å². The monoisotopic (exact) mass is 768 g/mol. The van der Waals surface area contributed by atoms with E-state index < -0.39 is 5.41 Å². The second-order valence-electron chi connectivity index (χ2n) is 17.1. The highest BCUT2D eigenvalue weighted by atomic mass is 14.5. The van der Waals surface area contributed by atoms with Crippen molar-refractivity contribution in [3.05, 3.63) is 241 Å². The van der Waals surface area contributed by atoms with E-state index in [2.05, 4.69) is 218 Å². The first kappa shape index (κ1) is 33.1. The predicted octanol–water partition coefficient (Wildman–Crippen LogP) is 16.3. The molecule has 0 aromatic heterocycles. The van der Waals surface area contributed by atoms with Gasteiger partial charge in [-0.2, -0.15) is 0 Å². The summed E-state index contributed by atoms with van der Waals surface area (Å²) in [5.74, 6) is 0. The van der Waals surface area contributed by atoms with Crippen molar-refractivity contribution in [2.24, 2.45) is 0 Å². The third-order valence-electron chi connectivity index (χ3n) is 14.2. The maximum absolute atomic E-state index is 2.53. The van der Waals surface area contributed by atoms with Crippen molar-refractivity contribution >= 4 is 64.6 Å². The lowest BCUT2D eigenvalue weighted by Crippen LogP contribution is -2.26. The van der Waals surface area contributed by atoms with Crippen molar-refractivity contribution in [3.63, 3.8) is 0 Å². The van der Waals surface area contributed by atoms with Gasteiger partial charge in [0.05, 0.1) is 5.41 Å². The molecular formula is C61H36. The van der Waals surface area contributed by atoms with E-state index in [0.29, 0.717) is 0 Å². The molecule has 2 aliphatic rings. The lowest BCUT2D eigenvalue weighted by molar-refractivity contribution is 0.794. The van der Waals surface area contributed by atoms with Gasteiger partial charge in [0.25, 0.3) is 0 Å². The molecule has 0 unspecified atom stereocenters. The van der Waals surface area contributed by atoms with Crippen molar-refractivity contribution in [1.29, 1.82) is 0 Å². The summed E-state index contributed by atoms with van der Waals surface area (Å²) in [5, 5.41) is 15.4. The normalized spacial score (nSPS) is 13.4. The Hall–Kier alpha value is -7.80. The first-order chi connectivity index (χ1) is 30.2. The van der Waals surface area contributed by atoms with Gasteiger partial charge in [-0.15, -0.1) is 0 Å². The Morgan fingerprint density at radius 2 is 0.590 bits per heavy atom. The zero-order chi connectivity index (χ0) is 39.8. The molecule has 14 rings (SSSR count). The van der Waals surface area contributed by atoms with E-state index in [4.69, 9.17) is 0 Å². The third kappa shape index (κ3) is 4.44. The van der Waals surface area contributed by atoms with Crippen LogP contribution in [0.3, 0.4) is 0 Å². The zero-order valence-corrected chi connectivity index (χ0v) is 33.3. The molecule has 0 heteroatoms. The number of hydrogen-bond donors (Lipinski definition) is 0. The van der Waals surface area contributed by atoms with Crippen molar-refractivity contribution < 1.29 is 0 Å². The maximum atomic E-state index is 2.53. The van der Waals surface area contributed by atoms with Gasteiger partial charge in [0.2, 0.25) is 0 Å². The molecule has 0 atom stereocenters. The fourth-order valence-electron chi connectivity index (χ4n) is 11.5. The van der Waals surface area contributed by atoms with Crippen LogP contribution in [0.5, 0.6) is 0 Å². The van der Waals surface area contributed by atoms with E-state index >= 15 is 0 Å². The molecule has 2 aliphatic carbocycles. The number of hydrogen-bond acceptors (Lipinski definition) is 0. The minimum absolute atomic E-state index is 0.476. The average molecular weight is 769 g/mol. The van der Waals surface area contributed by atoms with E-state index in [1.165, 1.54) is 131 Å². The van der Waals surface area contributed by atoms with E-state index in [9.17, 15) is 0 Å². The third-order valence-corrected chi connectivity index (χ3v) is 14.2. The number of rotatable bonds is 2. The molecule has 0 heterocycles. The van der Waals surface area contributed by atoms with Gasteiger partial charge in [0.15, 0.2) is 0 Å². The Morgan fingerprint density at radius 1 is 0.197 bits per heavy atom. The largest absolute Gasteiger partial charge is 0.0725 e. The van der Waals surface area contributed by atoms with Crippen molar-refractivity contribution in [2.45, 2.75) is 5.41 Å². The number of fused-ring (bicyclic) bond motifs is 18. The van der Waals surface area contributed by atoms with Crippen molar-refractivity contribution in [3.8, 4) is 44.5 Å². The second kappa shape index (κ2) is 12.1. The highest BCUT2D eigenvalue weighted by molar-refractivity contribution is 6.17. The first-order valence-electron chi connectivity index (χ1n) is 21.4. The molecule has 0 bridgehead atoms. The summed E-state index contributed by atoms with van der Waals surface area (Å²) >= 11 is 0. The molecule has 12 aromatic rings. The molecule has 0 amide bonds. The molecule has 0 aliphatic heterocycles. The molecular weight excluding hydrogens is 733 g/mol. The molecule has 0 fully saturated rings. The van der Waals surface area contributed by atoms with Gasteiger partial charge in [0.1, 0.15) is 0 Å². The van der Waals surface area contributed by atoms with Gasteiger partial charge in [0, 0.05) is 0 Å². The van der Waals surface area contributed by atoms with Gasteiger partial charge >= 0.3 is 0 Å². The van der Waals surface area contributed by atoms with Crippen LogP contribution in [-0.4, -0.2) is 0 Å². The van der Waals surface area contributed by atoms with E-state index in [1.54, 1.807) is 0 Å². The lowest BCUT2D eigenvalue weighted by atomic mass is 9.70. The second-order valence-corrected chi connectivity index (χ2v) is 17.1. The summed E-state index contributed by atoms with van der Waals surface area (Å²) in [6.07, 6.45) is 0. The molecule has 0 radical (unpaired) electrons. The van der Waals surface area contributed by atoms with Crippen LogP contribution in [0.25, 0.3) is 109 Å². The quantitative estimate of drug-likeness (QED) is 0.121. The molecule has 0 saturated carbocycles. The van der Waals surface area contributed by atoms with Crippen LogP contribution >= 0.6 is 0 Å². The Labute approximate surface area is 353 Å². The Morgan fingerprint density at radius 3 is 1.07 bits per heavy atom. The Kier molecular flexibility index (Phi) is 6.58. The highest BCUT2D eigenvalue weighted by Gasteiger charge is 2.51. The predicted molar refractivity (Wildman–Crippen MR) is 259 cm³/mol. The minimum atomic E-state index is -0.476. The standard InChI is InChI=1S/C61H36/c1-3-13-39-33-55-41(31-37(39)11-1)23-27-49-45(17-9-19-47(49)55)43-25-29-53-51-15-5-7-21-57(51)61(59(53)35-43)58-22-8-6-16-52(58)54-30-26-44(36-60(54)61)46-18-10-20-48-50(46)28-24-42-32-38-12-2-4-14-40(38)34-56(42)48/h1-36H. The summed E-state index contributed by atoms with van der Waals surface area (Å²) < 4.78 is 0. The summed E-state index contributed by atoms with van der Waals surface area (Å²) in [6, 6.07) is 82.7. The minimum Gasteiger partial charge on any atom is -0.0619 e. The smallest absolute Gasteiger partial charge is 0.0619 e. The van der Waals surface area contributed by atoms with Gasteiger partial charge < -0.3 is 0 Å². The van der Waals surface area contributed by atoms with Gasteiger partial charge in [-0.3, -0.25) is 0 Å². The fourth-order valence-corrected chi connectivity index (χ4v) is 11.5. The van der Waals surface area contributed by atoms with E-state index in [1.807, 2.05) is 0 Å². The Balaban J connectivity index is 1.01. The molecule has 61 heavy (non-hydrogen) atoms. The summed E-state index contributed by atoms with van der Waals surface area (Å²) in [4.78, 5) is 0. The molecule has 12 aromatic carbocycles. The highest BCUT2D eigenvalue weighted by Crippen LogP contribution is 2.63. The SMILES string of the molecule is c1ccc2c(c1)-c1ccc(-c3cccc4c3ccc3cc5ccccc5cc34)cc1C21c2ccccc2-c2ccc(-c3cccc4c3ccc3cc5ccccc5cc34)cc21. The van der Waals surface area contributed by atoms with Crippen LogP contribution in [0.15, 0.2) is 218 Å². The summed E-state index contributed by atoms with van der Waals surface area (Å²) in [7, 11) is 0. The molecule has 0 N–H and O–H groups in total. The molecule has 0 saturated heterocycles. The van der Waals surface area contributed by atoms with Crippen LogP contribution in [0.1, 0.15) is 22.3 Å². The van der Waals surface area contributed by atoms with Gasteiger partial charge in [-0.1, -0.05) is 182 Å². The lowest BCUT2D eigenvalue weighted by Gasteiger charge is -2.31. The average Bonchev–Trinajstić information content (AvgIpc) is 3.79. The molecule has 1 spiro atoms. The Bertz CT molecular complexity index is 3630.